The van der Waals surface area contributed by atoms with Crippen LogP contribution in [0.1, 0.15) is 23.6 Å². The van der Waals surface area contributed by atoms with E-state index in [9.17, 15) is 4.79 Å². The predicted octanol–water partition coefficient (Wildman–Crippen LogP) is 7.53. The number of ether oxygens (including phenoxy) is 1. The summed E-state index contributed by atoms with van der Waals surface area (Å²) in [5.41, 5.74) is 7.30. The van der Waals surface area contributed by atoms with Crippen molar-refractivity contribution in [3.63, 3.8) is 0 Å². The number of hydrogen-bond donors (Lipinski definition) is 1. The van der Waals surface area contributed by atoms with Crippen molar-refractivity contribution in [1.82, 2.24) is 0 Å². The van der Waals surface area contributed by atoms with E-state index >= 15 is 0 Å². The molecule has 4 nitrogen and oxygen atoms in total. The maximum atomic E-state index is 12.6. The summed E-state index contributed by atoms with van der Waals surface area (Å²) in [4.78, 5) is 12.6. The third-order valence-corrected chi connectivity index (χ3v) is 6.02. The summed E-state index contributed by atoms with van der Waals surface area (Å²) in [6.45, 7) is 5.90. The van der Waals surface area contributed by atoms with Crippen LogP contribution in [0.4, 0.5) is 5.69 Å². The van der Waals surface area contributed by atoms with Crippen molar-refractivity contribution >= 4 is 44.1 Å². The minimum atomic E-state index is -0.188. The number of fused-ring (bicyclic) bond motifs is 1. The molecule has 0 bridgehead atoms. The monoisotopic (exact) mass is 489 g/mol. The number of methoxy groups -OCH3 is 1. The Morgan fingerprint density at radius 3 is 2.41 bits per heavy atom. The maximum Gasteiger partial charge on any atom is 0.248 e. The highest BCUT2D eigenvalue weighted by Crippen LogP contribution is 2.40. The molecule has 0 atom stereocenters. The van der Waals surface area contributed by atoms with E-state index in [1.807, 2.05) is 75.4 Å². The minimum absolute atomic E-state index is 0.188. The van der Waals surface area contributed by atoms with Crippen molar-refractivity contribution < 1.29 is 13.9 Å². The van der Waals surface area contributed by atoms with E-state index in [0.717, 1.165) is 54.5 Å². The molecular formula is C27H24BrNO3. The first-order chi connectivity index (χ1) is 15.4. The van der Waals surface area contributed by atoms with Gasteiger partial charge in [0.2, 0.25) is 5.91 Å². The highest BCUT2D eigenvalue weighted by molar-refractivity contribution is 9.10. The van der Waals surface area contributed by atoms with Crippen LogP contribution in [-0.2, 0) is 4.79 Å². The molecule has 0 saturated carbocycles. The van der Waals surface area contributed by atoms with Gasteiger partial charge in [0.1, 0.15) is 11.3 Å². The fourth-order valence-corrected chi connectivity index (χ4v) is 4.08. The average Bonchev–Trinajstić information content (AvgIpc) is 3.20. The number of anilines is 1. The number of rotatable bonds is 5. The van der Waals surface area contributed by atoms with Crippen molar-refractivity contribution in [2.45, 2.75) is 20.8 Å². The number of hydrogen-bond acceptors (Lipinski definition) is 3. The number of allylic oxidation sites excluding steroid dienone is 1. The molecule has 0 aliphatic heterocycles. The van der Waals surface area contributed by atoms with Crippen LogP contribution in [0.25, 0.3) is 27.7 Å². The van der Waals surface area contributed by atoms with Crippen LogP contribution in [0.3, 0.4) is 0 Å². The molecule has 0 aliphatic rings. The molecule has 0 spiro atoms. The molecule has 4 aromatic rings. The highest BCUT2D eigenvalue weighted by Gasteiger charge is 2.18. The normalized spacial score (nSPS) is 11.6. The first-order valence-corrected chi connectivity index (χ1v) is 11.1. The molecule has 0 aliphatic carbocycles. The van der Waals surface area contributed by atoms with Crippen molar-refractivity contribution in [3.05, 3.63) is 88.1 Å². The number of nitrogens with one attached hydrogen (secondary N) is 1. The third kappa shape index (κ3) is 4.34. The Morgan fingerprint density at radius 1 is 1.06 bits per heavy atom. The predicted molar refractivity (Wildman–Crippen MR) is 134 cm³/mol. The highest BCUT2D eigenvalue weighted by atomic mass is 79.9. The average molecular weight is 490 g/mol. The van der Waals surface area contributed by atoms with Gasteiger partial charge < -0.3 is 14.5 Å². The molecule has 4 rings (SSSR count). The van der Waals surface area contributed by atoms with Gasteiger partial charge in [0.25, 0.3) is 0 Å². The minimum Gasteiger partial charge on any atom is -0.496 e. The molecule has 3 aromatic carbocycles. The van der Waals surface area contributed by atoms with E-state index in [4.69, 9.17) is 9.15 Å². The smallest absolute Gasteiger partial charge is 0.248 e. The van der Waals surface area contributed by atoms with Gasteiger partial charge >= 0.3 is 0 Å². The second-order valence-corrected chi connectivity index (χ2v) is 8.71. The lowest BCUT2D eigenvalue weighted by atomic mass is 9.96. The number of carbonyl (C=O) groups excluding carboxylic acids is 1. The van der Waals surface area contributed by atoms with Crippen LogP contribution in [0.2, 0.25) is 0 Å². The quantitative estimate of drug-likeness (QED) is 0.294. The molecule has 1 aromatic heterocycles. The maximum absolute atomic E-state index is 12.6. The van der Waals surface area contributed by atoms with Crippen LogP contribution >= 0.6 is 15.9 Å². The first-order valence-electron chi connectivity index (χ1n) is 10.3. The van der Waals surface area contributed by atoms with E-state index in [2.05, 4.69) is 21.2 Å². The van der Waals surface area contributed by atoms with Crippen molar-refractivity contribution in [2.24, 2.45) is 0 Å². The molecular weight excluding hydrogens is 466 g/mol. The Morgan fingerprint density at radius 2 is 1.75 bits per heavy atom. The Labute approximate surface area is 196 Å². The summed E-state index contributed by atoms with van der Waals surface area (Å²) < 4.78 is 12.7. The van der Waals surface area contributed by atoms with Gasteiger partial charge in [-0.15, -0.1) is 0 Å². The van der Waals surface area contributed by atoms with Crippen molar-refractivity contribution in [3.8, 4) is 16.9 Å². The number of amides is 1. The summed E-state index contributed by atoms with van der Waals surface area (Å²) in [6, 6.07) is 17.9. The molecule has 1 heterocycles. The summed E-state index contributed by atoms with van der Waals surface area (Å²) in [5.74, 6) is 0.512. The summed E-state index contributed by atoms with van der Waals surface area (Å²) >= 11 is 3.48. The van der Waals surface area contributed by atoms with Gasteiger partial charge in [0.05, 0.1) is 13.4 Å². The molecule has 0 unspecified atom stereocenters. The van der Waals surface area contributed by atoms with Crippen LogP contribution in [-0.4, -0.2) is 13.0 Å². The number of carbonyl (C=O) groups is 1. The van der Waals surface area contributed by atoms with Gasteiger partial charge in [0, 0.05) is 38.3 Å². The number of aryl methyl sites for hydroxylation is 2. The molecule has 0 radical (unpaired) electrons. The SMILES string of the molecule is COc1c(/C(C)=C/C(=O)Nc2ccc(C)cc2)cc2c(-c3ccc(Br)cc3)coc2c1C. The molecule has 0 fully saturated rings. The summed E-state index contributed by atoms with van der Waals surface area (Å²) in [7, 11) is 1.63. The van der Waals surface area contributed by atoms with Gasteiger partial charge in [-0.2, -0.15) is 0 Å². The second-order valence-electron chi connectivity index (χ2n) is 7.80. The summed E-state index contributed by atoms with van der Waals surface area (Å²) in [5, 5.41) is 3.90. The Balaban J connectivity index is 1.75. The molecule has 1 N–H and O–H groups in total. The lowest BCUT2D eigenvalue weighted by molar-refractivity contribution is -0.111. The standard InChI is InChI=1S/C27H24BrNO3/c1-16-5-11-21(12-6-16)29-25(30)13-17(2)22-14-23-24(19-7-9-20(28)10-8-19)15-32-27(23)18(3)26(22)31-4/h5-15H,1-4H3,(H,29,30)/b17-13+. The number of halogens is 1. The van der Waals surface area contributed by atoms with Crippen LogP contribution in [0, 0.1) is 13.8 Å². The largest absolute Gasteiger partial charge is 0.496 e. The lowest BCUT2D eigenvalue weighted by Crippen LogP contribution is -2.08. The second kappa shape index (κ2) is 9.05. The third-order valence-electron chi connectivity index (χ3n) is 5.49. The van der Waals surface area contributed by atoms with Gasteiger partial charge in [0.15, 0.2) is 0 Å². The molecule has 32 heavy (non-hydrogen) atoms. The Bertz CT molecular complexity index is 1320. The van der Waals surface area contributed by atoms with Gasteiger partial charge in [-0.05, 0) is 62.2 Å². The zero-order valence-electron chi connectivity index (χ0n) is 18.5. The van der Waals surface area contributed by atoms with Crippen molar-refractivity contribution in [2.75, 3.05) is 12.4 Å². The summed E-state index contributed by atoms with van der Waals surface area (Å²) in [6.07, 6.45) is 3.37. The Hall–Kier alpha value is -3.31. The molecule has 1 amide bonds. The van der Waals surface area contributed by atoms with E-state index < -0.39 is 0 Å². The number of benzene rings is 3. The van der Waals surface area contributed by atoms with Gasteiger partial charge in [-0.25, -0.2) is 0 Å². The van der Waals surface area contributed by atoms with E-state index in [-0.39, 0.29) is 5.91 Å². The zero-order chi connectivity index (χ0) is 22.8. The van der Waals surface area contributed by atoms with E-state index in [1.165, 1.54) is 0 Å². The topological polar surface area (TPSA) is 51.5 Å². The van der Waals surface area contributed by atoms with Crippen LogP contribution < -0.4 is 10.1 Å². The first kappa shape index (κ1) is 21.9. The Kier molecular flexibility index (Phi) is 6.19. The molecule has 5 heteroatoms. The van der Waals surface area contributed by atoms with Gasteiger partial charge in [-0.1, -0.05) is 45.8 Å². The fourth-order valence-electron chi connectivity index (χ4n) is 3.81. The zero-order valence-corrected chi connectivity index (χ0v) is 20.0. The lowest BCUT2D eigenvalue weighted by Gasteiger charge is -2.13. The number of furan rings is 1. The van der Waals surface area contributed by atoms with Crippen molar-refractivity contribution in [1.29, 1.82) is 0 Å². The van der Waals surface area contributed by atoms with Crippen LogP contribution in [0.5, 0.6) is 5.75 Å². The van der Waals surface area contributed by atoms with Crippen LogP contribution in [0.15, 0.2) is 75.8 Å². The van der Waals surface area contributed by atoms with Gasteiger partial charge in [-0.3, -0.25) is 4.79 Å². The van der Waals surface area contributed by atoms with E-state index in [1.54, 1.807) is 19.4 Å². The van der Waals surface area contributed by atoms with E-state index in [0.29, 0.717) is 5.75 Å². The molecule has 162 valence electrons. The fraction of sp³-hybridized carbons (Fsp3) is 0.148. The molecule has 0 saturated heterocycles.